The highest BCUT2D eigenvalue weighted by Crippen LogP contribution is 2.33. The quantitative estimate of drug-likeness (QED) is 0.799. The van der Waals surface area contributed by atoms with Gasteiger partial charge in [0, 0.05) is 32.2 Å². The highest BCUT2D eigenvalue weighted by Gasteiger charge is 2.36. The van der Waals surface area contributed by atoms with Gasteiger partial charge in [-0.15, -0.1) is 12.4 Å². The van der Waals surface area contributed by atoms with Gasteiger partial charge in [0.2, 0.25) is 15.9 Å². The number of hydrogen-bond donors (Lipinski definition) is 1. The van der Waals surface area contributed by atoms with Gasteiger partial charge in [-0.25, -0.2) is 8.42 Å². The molecule has 0 aliphatic carbocycles. The lowest BCUT2D eigenvalue weighted by Crippen LogP contribution is -2.57. The van der Waals surface area contributed by atoms with Gasteiger partial charge in [0.15, 0.2) is 0 Å². The van der Waals surface area contributed by atoms with E-state index in [1.54, 1.807) is 11.0 Å². The largest absolute Gasteiger partial charge is 0.336 e. The normalized spacial score (nSPS) is 22.6. The second kappa shape index (κ2) is 8.41. The summed E-state index contributed by atoms with van der Waals surface area (Å²) in [5.41, 5.74) is 0. The molecule has 1 aromatic carbocycles. The lowest BCUT2D eigenvalue weighted by Gasteiger charge is -2.40. The van der Waals surface area contributed by atoms with Gasteiger partial charge < -0.3 is 10.2 Å². The SMILES string of the molecule is Cl.O=C1CNCCN1C1CCCN(S(=O)(=O)c2c(Cl)cccc2Cl)C1. The number of nitrogens with one attached hydrogen (secondary N) is 1. The van der Waals surface area contributed by atoms with Crippen LogP contribution in [0.5, 0.6) is 0 Å². The van der Waals surface area contributed by atoms with Gasteiger partial charge in [-0.3, -0.25) is 4.79 Å². The number of amides is 1. The van der Waals surface area contributed by atoms with E-state index in [4.69, 9.17) is 23.2 Å². The first-order chi connectivity index (χ1) is 11.4. The number of carbonyl (C=O) groups is 1. The smallest absolute Gasteiger partial charge is 0.246 e. The lowest BCUT2D eigenvalue weighted by atomic mass is 10.1. The Morgan fingerprint density at radius 3 is 2.48 bits per heavy atom. The van der Waals surface area contributed by atoms with Crippen LogP contribution in [0.2, 0.25) is 10.0 Å². The van der Waals surface area contributed by atoms with Crippen molar-refractivity contribution in [3.05, 3.63) is 28.2 Å². The Balaban J connectivity index is 0.00000225. The molecule has 25 heavy (non-hydrogen) atoms. The molecule has 0 bridgehead atoms. The Bertz CT molecular complexity index is 725. The Kier molecular flexibility index (Phi) is 6.98. The van der Waals surface area contributed by atoms with Gasteiger partial charge in [-0.05, 0) is 25.0 Å². The van der Waals surface area contributed by atoms with E-state index in [0.29, 0.717) is 26.1 Å². The van der Waals surface area contributed by atoms with Crippen molar-refractivity contribution in [3.63, 3.8) is 0 Å². The zero-order valence-corrected chi connectivity index (χ0v) is 16.6. The third-order valence-corrected chi connectivity index (χ3v) is 7.26. The van der Waals surface area contributed by atoms with Crippen molar-refractivity contribution in [2.45, 2.75) is 23.8 Å². The number of piperidine rings is 1. The van der Waals surface area contributed by atoms with Crippen molar-refractivity contribution < 1.29 is 13.2 Å². The molecule has 1 atom stereocenters. The molecule has 2 heterocycles. The number of halogens is 3. The maximum absolute atomic E-state index is 13.0. The maximum atomic E-state index is 13.0. The summed E-state index contributed by atoms with van der Waals surface area (Å²) < 4.78 is 27.4. The van der Waals surface area contributed by atoms with E-state index in [1.807, 2.05) is 0 Å². The van der Waals surface area contributed by atoms with E-state index in [9.17, 15) is 13.2 Å². The summed E-state index contributed by atoms with van der Waals surface area (Å²) in [5, 5.41) is 3.26. The summed E-state index contributed by atoms with van der Waals surface area (Å²) in [6, 6.07) is 4.54. The monoisotopic (exact) mass is 427 g/mol. The summed E-state index contributed by atoms with van der Waals surface area (Å²) in [7, 11) is -3.80. The zero-order valence-electron chi connectivity index (χ0n) is 13.5. The van der Waals surface area contributed by atoms with Gasteiger partial charge in [0.05, 0.1) is 16.6 Å². The first-order valence-electron chi connectivity index (χ1n) is 7.85. The Morgan fingerprint density at radius 2 is 1.84 bits per heavy atom. The van der Waals surface area contributed by atoms with Gasteiger partial charge in [-0.1, -0.05) is 29.3 Å². The molecular formula is C15H20Cl3N3O3S. The molecule has 1 aromatic rings. The van der Waals surface area contributed by atoms with E-state index in [-0.39, 0.29) is 45.8 Å². The number of nitrogens with zero attached hydrogens (tertiary/aromatic N) is 2. The van der Waals surface area contributed by atoms with Crippen LogP contribution in [0, 0.1) is 0 Å². The fourth-order valence-corrected chi connectivity index (χ4v) is 5.87. The van der Waals surface area contributed by atoms with Gasteiger partial charge in [-0.2, -0.15) is 4.31 Å². The van der Waals surface area contributed by atoms with Crippen molar-refractivity contribution >= 4 is 51.5 Å². The fourth-order valence-electron chi connectivity index (χ4n) is 3.26. The predicted octanol–water partition coefficient (Wildman–Crippen LogP) is 2.00. The van der Waals surface area contributed by atoms with Crippen LogP contribution < -0.4 is 5.32 Å². The summed E-state index contributed by atoms with van der Waals surface area (Å²) >= 11 is 12.2. The highest BCUT2D eigenvalue weighted by atomic mass is 35.5. The van der Waals surface area contributed by atoms with Crippen LogP contribution in [0.3, 0.4) is 0 Å². The van der Waals surface area contributed by atoms with Crippen molar-refractivity contribution in [3.8, 4) is 0 Å². The van der Waals surface area contributed by atoms with Gasteiger partial charge >= 0.3 is 0 Å². The van der Waals surface area contributed by atoms with Crippen molar-refractivity contribution in [2.75, 3.05) is 32.7 Å². The molecule has 10 heteroatoms. The molecule has 140 valence electrons. The minimum absolute atomic E-state index is 0. The van der Waals surface area contributed by atoms with Crippen LogP contribution in [-0.2, 0) is 14.8 Å². The number of hydrogen-bond acceptors (Lipinski definition) is 4. The van der Waals surface area contributed by atoms with Crippen LogP contribution in [0.4, 0.5) is 0 Å². The first-order valence-corrected chi connectivity index (χ1v) is 10.0. The number of carbonyl (C=O) groups excluding carboxylic acids is 1. The molecule has 1 N–H and O–H groups in total. The van der Waals surface area contributed by atoms with Crippen molar-refractivity contribution in [2.24, 2.45) is 0 Å². The molecule has 0 aromatic heterocycles. The van der Waals surface area contributed by atoms with E-state index in [0.717, 1.165) is 13.0 Å². The molecule has 1 amide bonds. The molecule has 0 saturated carbocycles. The molecule has 3 rings (SSSR count). The van der Waals surface area contributed by atoms with E-state index in [1.165, 1.54) is 16.4 Å². The van der Waals surface area contributed by atoms with Crippen molar-refractivity contribution in [1.82, 2.24) is 14.5 Å². The molecule has 2 aliphatic heterocycles. The molecular weight excluding hydrogens is 409 g/mol. The predicted molar refractivity (Wildman–Crippen MR) is 100 cm³/mol. The van der Waals surface area contributed by atoms with E-state index < -0.39 is 10.0 Å². The zero-order chi connectivity index (χ0) is 17.3. The standard InChI is InChI=1S/C15H19Cl2N3O3S.ClH/c16-12-4-1-5-13(17)15(12)24(22,23)19-7-2-3-11(10-19)20-8-6-18-9-14(20)21;/h1,4-5,11,18H,2-3,6-10H2;1H. The Hall–Kier alpha value is -0.570. The van der Waals surface area contributed by atoms with E-state index >= 15 is 0 Å². The van der Waals surface area contributed by atoms with Gasteiger partial charge in [0.1, 0.15) is 4.90 Å². The van der Waals surface area contributed by atoms with Crippen LogP contribution in [0.1, 0.15) is 12.8 Å². The first kappa shape index (κ1) is 20.7. The third-order valence-electron chi connectivity index (χ3n) is 4.44. The van der Waals surface area contributed by atoms with Crippen LogP contribution in [0.25, 0.3) is 0 Å². The topological polar surface area (TPSA) is 69.7 Å². The Labute approximate surface area is 163 Å². The summed E-state index contributed by atoms with van der Waals surface area (Å²) in [6.07, 6.45) is 1.50. The molecule has 2 aliphatic rings. The number of piperazine rings is 1. The maximum Gasteiger partial charge on any atom is 0.246 e. The van der Waals surface area contributed by atoms with Gasteiger partial charge in [0.25, 0.3) is 0 Å². The average Bonchev–Trinajstić information content (AvgIpc) is 2.55. The molecule has 2 fully saturated rings. The molecule has 0 radical (unpaired) electrons. The van der Waals surface area contributed by atoms with Crippen LogP contribution in [0.15, 0.2) is 23.1 Å². The minimum atomic E-state index is -3.80. The molecule has 0 spiro atoms. The lowest BCUT2D eigenvalue weighted by molar-refractivity contribution is -0.135. The number of rotatable bonds is 3. The van der Waals surface area contributed by atoms with Crippen LogP contribution >= 0.6 is 35.6 Å². The number of sulfonamides is 1. The summed E-state index contributed by atoms with van der Waals surface area (Å²) in [4.78, 5) is 13.8. The van der Waals surface area contributed by atoms with E-state index in [2.05, 4.69) is 5.32 Å². The molecule has 1 unspecified atom stereocenters. The third kappa shape index (κ3) is 4.23. The highest BCUT2D eigenvalue weighted by molar-refractivity contribution is 7.89. The molecule has 6 nitrogen and oxygen atoms in total. The second-order valence-corrected chi connectivity index (χ2v) is 8.66. The average molecular weight is 429 g/mol. The molecule has 2 saturated heterocycles. The fraction of sp³-hybridized carbons (Fsp3) is 0.533. The Morgan fingerprint density at radius 1 is 1.16 bits per heavy atom. The van der Waals surface area contributed by atoms with Crippen LogP contribution in [-0.4, -0.2) is 62.3 Å². The second-order valence-electron chi connectivity index (χ2n) is 5.97. The minimum Gasteiger partial charge on any atom is -0.336 e. The number of benzene rings is 1. The van der Waals surface area contributed by atoms with Crippen molar-refractivity contribution in [1.29, 1.82) is 0 Å². The summed E-state index contributed by atoms with van der Waals surface area (Å²) in [6.45, 7) is 2.31. The summed E-state index contributed by atoms with van der Waals surface area (Å²) in [5.74, 6) is 0.0151.